The second-order valence-corrected chi connectivity index (χ2v) is 10.1. The van der Waals surface area contributed by atoms with Crippen LogP contribution in [0, 0.1) is 0 Å². The normalized spacial score (nSPS) is 17.2. The van der Waals surface area contributed by atoms with Gasteiger partial charge in [-0.3, -0.25) is 0 Å². The third-order valence-electron chi connectivity index (χ3n) is 4.91. The van der Waals surface area contributed by atoms with Gasteiger partial charge in [0.15, 0.2) is 0 Å². The molecule has 31 heavy (non-hydrogen) atoms. The number of piperazine rings is 1. The lowest BCUT2D eigenvalue weighted by Gasteiger charge is -2.36. The van der Waals surface area contributed by atoms with Crippen molar-refractivity contribution in [1.82, 2.24) is 4.31 Å². The second-order valence-electron chi connectivity index (χ2n) is 6.80. The SMILES string of the molecule is Nc1ccc(S(=O)(=O)N2CCN(c3ccc(C(O)(C(F)(F)F)C(F)(F)F)cc3)CC2)s1. The zero-order valence-corrected chi connectivity index (χ0v) is 17.2. The number of sulfonamides is 1. The summed E-state index contributed by atoms with van der Waals surface area (Å²) in [6.45, 7) is 0.471. The van der Waals surface area contributed by atoms with E-state index in [4.69, 9.17) is 5.73 Å². The quantitative estimate of drug-likeness (QED) is 0.645. The Morgan fingerprint density at radius 3 is 1.81 bits per heavy atom. The zero-order valence-electron chi connectivity index (χ0n) is 15.6. The highest BCUT2D eigenvalue weighted by molar-refractivity contribution is 7.91. The monoisotopic (exact) mass is 489 g/mol. The molecule has 0 amide bonds. The predicted molar refractivity (Wildman–Crippen MR) is 102 cm³/mol. The molecule has 3 rings (SSSR count). The fourth-order valence-corrected chi connectivity index (χ4v) is 5.86. The van der Waals surface area contributed by atoms with Gasteiger partial charge in [-0.25, -0.2) is 8.42 Å². The minimum atomic E-state index is -5.96. The molecule has 1 aliphatic rings. The summed E-state index contributed by atoms with van der Waals surface area (Å²) in [5.41, 5.74) is -0.479. The molecule has 0 spiro atoms. The molecule has 14 heteroatoms. The van der Waals surface area contributed by atoms with E-state index in [-0.39, 0.29) is 30.4 Å². The Morgan fingerprint density at radius 1 is 0.871 bits per heavy atom. The average molecular weight is 489 g/mol. The van der Waals surface area contributed by atoms with Crippen molar-refractivity contribution in [2.45, 2.75) is 22.2 Å². The highest BCUT2D eigenvalue weighted by Gasteiger charge is 2.71. The molecule has 172 valence electrons. The van der Waals surface area contributed by atoms with Crippen LogP contribution >= 0.6 is 11.3 Å². The third kappa shape index (κ3) is 4.21. The van der Waals surface area contributed by atoms with Crippen molar-refractivity contribution in [3.63, 3.8) is 0 Å². The van der Waals surface area contributed by atoms with Crippen LogP contribution in [0.1, 0.15) is 5.56 Å². The summed E-state index contributed by atoms with van der Waals surface area (Å²) in [4.78, 5) is 1.62. The summed E-state index contributed by atoms with van der Waals surface area (Å²) in [7, 11) is -3.74. The van der Waals surface area contributed by atoms with Gasteiger partial charge in [-0.05, 0) is 24.3 Å². The Balaban J connectivity index is 1.75. The van der Waals surface area contributed by atoms with Gasteiger partial charge in [-0.2, -0.15) is 30.6 Å². The van der Waals surface area contributed by atoms with Crippen molar-refractivity contribution >= 4 is 32.0 Å². The number of halogens is 6. The molecule has 1 fully saturated rings. The first kappa shape index (κ1) is 23.6. The lowest BCUT2D eigenvalue weighted by molar-refractivity contribution is -0.376. The lowest BCUT2D eigenvalue weighted by Crippen LogP contribution is -2.54. The van der Waals surface area contributed by atoms with Gasteiger partial charge in [0.05, 0.1) is 5.00 Å². The van der Waals surface area contributed by atoms with Crippen molar-refractivity contribution in [1.29, 1.82) is 0 Å². The Morgan fingerprint density at radius 2 is 1.39 bits per heavy atom. The number of nitrogens with two attached hydrogens (primary N) is 1. The van der Waals surface area contributed by atoms with Crippen molar-refractivity contribution < 1.29 is 39.9 Å². The molecule has 0 bridgehead atoms. The summed E-state index contributed by atoms with van der Waals surface area (Å²) in [6, 6.07) is 6.05. The van der Waals surface area contributed by atoms with Gasteiger partial charge < -0.3 is 15.7 Å². The third-order valence-corrected chi connectivity index (χ3v) is 8.19. The summed E-state index contributed by atoms with van der Waals surface area (Å²) < 4.78 is 104. The Kier molecular flexibility index (Phi) is 5.97. The number of alkyl halides is 6. The highest BCUT2D eigenvalue weighted by atomic mass is 32.2. The largest absolute Gasteiger partial charge is 0.430 e. The van der Waals surface area contributed by atoms with Crippen LogP contribution in [0.4, 0.5) is 37.0 Å². The molecular weight excluding hydrogens is 472 g/mol. The molecule has 0 aliphatic carbocycles. The van der Waals surface area contributed by atoms with E-state index in [0.29, 0.717) is 22.8 Å². The van der Waals surface area contributed by atoms with Crippen molar-refractivity contribution in [2.75, 3.05) is 36.8 Å². The summed E-state index contributed by atoms with van der Waals surface area (Å²) in [5.74, 6) is 0. The first-order valence-electron chi connectivity index (χ1n) is 8.75. The molecular formula is C17H17F6N3O3S2. The van der Waals surface area contributed by atoms with Gasteiger partial charge in [-0.15, -0.1) is 11.3 Å². The van der Waals surface area contributed by atoms with E-state index >= 15 is 0 Å². The second kappa shape index (κ2) is 7.83. The molecule has 1 saturated heterocycles. The number of anilines is 2. The zero-order chi connectivity index (χ0) is 23.2. The van der Waals surface area contributed by atoms with Crippen LogP contribution < -0.4 is 10.6 Å². The smallest absolute Gasteiger partial charge is 0.391 e. The highest BCUT2D eigenvalue weighted by Crippen LogP contribution is 2.50. The van der Waals surface area contributed by atoms with Crippen molar-refractivity contribution in [3.8, 4) is 0 Å². The molecule has 0 saturated carbocycles. The minimum Gasteiger partial charge on any atom is -0.391 e. The van der Waals surface area contributed by atoms with Crippen LogP contribution in [-0.4, -0.2) is 56.4 Å². The Hall–Kier alpha value is -2.03. The van der Waals surface area contributed by atoms with Crippen LogP contribution in [-0.2, 0) is 15.6 Å². The fourth-order valence-electron chi connectivity index (χ4n) is 3.19. The van der Waals surface area contributed by atoms with Crippen molar-refractivity contribution in [2.24, 2.45) is 0 Å². The standard InChI is InChI=1S/C17H17F6N3O3S2/c18-16(19,20)15(27,17(21,22)23)11-1-3-12(4-2-11)25-7-9-26(10-8-25)31(28,29)14-6-5-13(24)30-14/h1-6,27H,7-10,24H2. The molecule has 0 atom stereocenters. The maximum atomic E-state index is 13.0. The first-order valence-corrected chi connectivity index (χ1v) is 11.0. The number of rotatable bonds is 4. The molecule has 1 aromatic heterocycles. The van der Waals surface area contributed by atoms with Crippen LogP contribution in [0.5, 0.6) is 0 Å². The Labute approximate surface area is 177 Å². The molecule has 2 aromatic rings. The van der Waals surface area contributed by atoms with Crippen molar-refractivity contribution in [3.05, 3.63) is 42.0 Å². The van der Waals surface area contributed by atoms with E-state index in [0.717, 1.165) is 23.5 Å². The number of benzene rings is 1. The lowest BCUT2D eigenvalue weighted by atomic mass is 9.92. The summed E-state index contributed by atoms with van der Waals surface area (Å²) in [6.07, 6.45) is -11.9. The predicted octanol–water partition coefficient (Wildman–Crippen LogP) is 3.15. The fraction of sp³-hybridized carbons (Fsp3) is 0.412. The minimum absolute atomic E-state index is 0.0664. The molecule has 1 aliphatic heterocycles. The maximum absolute atomic E-state index is 13.0. The van der Waals surface area contributed by atoms with E-state index in [1.165, 1.54) is 16.4 Å². The molecule has 6 nitrogen and oxygen atoms in total. The molecule has 2 heterocycles. The van der Waals surface area contributed by atoms with Crippen LogP contribution in [0.2, 0.25) is 0 Å². The number of nitrogens with zero attached hydrogens (tertiary/aromatic N) is 2. The average Bonchev–Trinajstić information content (AvgIpc) is 3.13. The van der Waals surface area contributed by atoms with Gasteiger partial charge in [-0.1, -0.05) is 12.1 Å². The maximum Gasteiger partial charge on any atom is 0.430 e. The van der Waals surface area contributed by atoms with E-state index in [1.807, 2.05) is 0 Å². The van der Waals surface area contributed by atoms with Crippen LogP contribution in [0.15, 0.2) is 40.6 Å². The van der Waals surface area contributed by atoms with Gasteiger partial charge >= 0.3 is 12.4 Å². The van der Waals surface area contributed by atoms with Crippen LogP contribution in [0.25, 0.3) is 0 Å². The summed E-state index contributed by atoms with van der Waals surface area (Å²) in [5, 5.41) is 9.79. The number of hydrogen-bond donors (Lipinski definition) is 2. The first-order chi connectivity index (χ1) is 14.2. The van der Waals surface area contributed by atoms with Gasteiger partial charge in [0.2, 0.25) is 0 Å². The van der Waals surface area contributed by atoms with Crippen LogP contribution in [0.3, 0.4) is 0 Å². The molecule has 1 aromatic carbocycles. The molecule has 0 unspecified atom stereocenters. The van der Waals surface area contributed by atoms with E-state index in [9.17, 15) is 39.9 Å². The summed E-state index contributed by atoms with van der Waals surface area (Å²) >= 11 is 0.920. The Bertz CT molecular complexity index is 1010. The van der Waals surface area contributed by atoms with E-state index < -0.39 is 33.5 Å². The number of nitrogen functional groups attached to an aromatic ring is 1. The van der Waals surface area contributed by atoms with Gasteiger partial charge in [0.1, 0.15) is 4.21 Å². The van der Waals surface area contributed by atoms with E-state index in [2.05, 4.69) is 0 Å². The van der Waals surface area contributed by atoms with Gasteiger partial charge in [0.25, 0.3) is 15.6 Å². The number of hydrogen-bond acceptors (Lipinski definition) is 6. The number of aliphatic hydroxyl groups is 1. The molecule has 3 N–H and O–H groups in total. The van der Waals surface area contributed by atoms with Gasteiger partial charge in [0, 0.05) is 37.4 Å². The number of thiophene rings is 1. The molecule has 0 radical (unpaired) electrons. The topological polar surface area (TPSA) is 86.9 Å². The van der Waals surface area contributed by atoms with E-state index in [1.54, 1.807) is 4.90 Å².